The van der Waals surface area contributed by atoms with E-state index in [4.69, 9.17) is 4.74 Å². The molecule has 0 aliphatic rings. The number of ether oxygens (including phenoxy) is 1. The lowest BCUT2D eigenvalue weighted by Crippen LogP contribution is -1.99. The Morgan fingerprint density at radius 1 is 0.852 bits per heavy atom. The third-order valence-corrected chi connectivity index (χ3v) is 5.75. The molecule has 136 valence electrons. The van der Waals surface area contributed by atoms with Gasteiger partial charge in [0, 0.05) is 17.3 Å². The van der Waals surface area contributed by atoms with Gasteiger partial charge in [0.25, 0.3) is 0 Å². The molecule has 0 saturated heterocycles. The quantitative estimate of drug-likeness (QED) is 0.517. The van der Waals surface area contributed by atoms with E-state index in [1.165, 1.54) is 6.26 Å². The molecule has 0 aliphatic carbocycles. The van der Waals surface area contributed by atoms with Crippen molar-refractivity contribution in [3.8, 4) is 22.7 Å². The van der Waals surface area contributed by atoms with E-state index < -0.39 is 9.84 Å². The minimum Gasteiger partial charge on any atom is -0.497 e. The molecule has 0 saturated carbocycles. The Morgan fingerprint density at radius 3 is 2.15 bits per heavy atom. The molecule has 1 heterocycles. The SMILES string of the molecule is COc1ccc(-n2c(-c3ccc(S(C)(=O)=O)cc3)cc3ccccc32)cc1. The zero-order valence-corrected chi connectivity index (χ0v) is 15.9. The highest BCUT2D eigenvalue weighted by Gasteiger charge is 2.14. The number of benzene rings is 3. The number of sulfone groups is 1. The van der Waals surface area contributed by atoms with Gasteiger partial charge in [0.05, 0.1) is 23.2 Å². The highest BCUT2D eigenvalue weighted by Crippen LogP contribution is 2.32. The summed E-state index contributed by atoms with van der Waals surface area (Å²) < 4.78 is 30.9. The van der Waals surface area contributed by atoms with Crippen LogP contribution in [0.4, 0.5) is 0 Å². The third kappa shape index (κ3) is 3.22. The lowest BCUT2D eigenvalue weighted by Gasteiger charge is -2.12. The molecule has 0 atom stereocenters. The smallest absolute Gasteiger partial charge is 0.175 e. The van der Waals surface area contributed by atoms with E-state index in [9.17, 15) is 8.42 Å². The van der Waals surface area contributed by atoms with Gasteiger partial charge in [-0.1, -0.05) is 30.3 Å². The van der Waals surface area contributed by atoms with Gasteiger partial charge in [-0.05, 0) is 54.1 Å². The first-order valence-corrected chi connectivity index (χ1v) is 10.4. The van der Waals surface area contributed by atoms with E-state index in [-0.39, 0.29) is 0 Å². The van der Waals surface area contributed by atoms with Crippen LogP contribution in [0.2, 0.25) is 0 Å². The molecule has 0 unspecified atom stereocenters. The molecule has 0 amide bonds. The number of aromatic nitrogens is 1. The summed E-state index contributed by atoms with van der Waals surface area (Å²) in [6.45, 7) is 0. The van der Waals surface area contributed by atoms with E-state index in [1.807, 2.05) is 48.5 Å². The Morgan fingerprint density at radius 2 is 1.52 bits per heavy atom. The van der Waals surface area contributed by atoms with Crippen LogP contribution in [0.15, 0.2) is 83.8 Å². The van der Waals surface area contributed by atoms with Crippen molar-refractivity contribution in [2.75, 3.05) is 13.4 Å². The minimum atomic E-state index is -3.22. The largest absolute Gasteiger partial charge is 0.497 e. The van der Waals surface area contributed by atoms with Crippen molar-refractivity contribution in [1.82, 2.24) is 4.57 Å². The van der Waals surface area contributed by atoms with Crippen LogP contribution in [0.25, 0.3) is 27.8 Å². The Hall–Kier alpha value is -3.05. The second-order valence-electron chi connectivity index (χ2n) is 6.42. The van der Waals surface area contributed by atoms with E-state index in [0.717, 1.165) is 33.6 Å². The van der Waals surface area contributed by atoms with Gasteiger partial charge in [0.2, 0.25) is 0 Å². The lowest BCUT2D eigenvalue weighted by molar-refractivity contribution is 0.415. The highest BCUT2D eigenvalue weighted by atomic mass is 32.2. The molecule has 0 fully saturated rings. The van der Waals surface area contributed by atoms with Crippen molar-refractivity contribution in [3.05, 3.63) is 78.9 Å². The zero-order valence-electron chi connectivity index (χ0n) is 15.1. The maximum absolute atomic E-state index is 11.8. The number of methoxy groups -OCH3 is 1. The summed E-state index contributed by atoms with van der Waals surface area (Å²) in [5.41, 5.74) is 4.06. The third-order valence-electron chi connectivity index (χ3n) is 4.62. The summed E-state index contributed by atoms with van der Waals surface area (Å²) in [6.07, 6.45) is 1.22. The van der Waals surface area contributed by atoms with E-state index in [1.54, 1.807) is 19.2 Å². The molecule has 3 aromatic carbocycles. The van der Waals surface area contributed by atoms with Crippen LogP contribution in [0.3, 0.4) is 0 Å². The summed E-state index contributed by atoms with van der Waals surface area (Å²) in [6, 6.07) is 25.2. The van der Waals surface area contributed by atoms with Gasteiger partial charge >= 0.3 is 0 Å². The maximum atomic E-state index is 11.8. The molecule has 0 radical (unpaired) electrons. The molecule has 27 heavy (non-hydrogen) atoms. The van der Waals surface area contributed by atoms with Crippen molar-refractivity contribution in [3.63, 3.8) is 0 Å². The van der Waals surface area contributed by atoms with Gasteiger partial charge < -0.3 is 9.30 Å². The fourth-order valence-corrected chi connectivity index (χ4v) is 3.88. The summed E-state index contributed by atoms with van der Waals surface area (Å²) in [5, 5.41) is 1.12. The van der Waals surface area contributed by atoms with Crippen molar-refractivity contribution >= 4 is 20.7 Å². The van der Waals surface area contributed by atoms with Crippen LogP contribution in [0.5, 0.6) is 5.75 Å². The number of hydrogen-bond donors (Lipinski definition) is 0. The van der Waals surface area contributed by atoms with Crippen LogP contribution < -0.4 is 4.74 Å². The normalized spacial score (nSPS) is 11.6. The molecule has 4 nitrogen and oxygen atoms in total. The number of para-hydroxylation sites is 1. The fraction of sp³-hybridized carbons (Fsp3) is 0.0909. The molecule has 0 aliphatic heterocycles. The van der Waals surface area contributed by atoms with Crippen LogP contribution in [0.1, 0.15) is 0 Å². The minimum absolute atomic E-state index is 0.318. The zero-order chi connectivity index (χ0) is 19.0. The first-order valence-electron chi connectivity index (χ1n) is 8.53. The lowest BCUT2D eigenvalue weighted by atomic mass is 10.1. The van der Waals surface area contributed by atoms with Crippen LogP contribution in [-0.4, -0.2) is 26.4 Å². The Labute approximate surface area is 158 Å². The van der Waals surface area contributed by atoms with Gasteiger partial charge in [-0.25, -0.2) is 8.42 Å². The number of nitrogens with zero attached hydrogens (tertiary/aromatic N) is 1. The average Bonchev–Trinajstić information content (AvgIpc) is 3.07. The van der Waals surface area contributed by atoms with Crippen LogP contribution >= 0.6 is 0 Å². The van der Waals surface area contributed by atoms with Crippen molar-refractivity contribution in [1.29, 1.82) is 0 Å². The summed E-state index contributed by atoms with van der Waals surface area (Å²) in [5.74, 6) is 0.800. The van der Waals surface area contributed by atoms with E-state index in [0.29, 0.717) is 4.90 Å². The predicted octanol–water partition coefficient (Wildman–Crippen LogP) is 4.71. The van der Waals surface area contributed by atoms with Crippen molar-refractivity contribution in [2.24, 2.45) is 0 Å². The monoisotopic (exact) mass is 377 g/mol. The number of hydrogen-bond acceptors (Lipinski definition) is 3. The first-order chi connectivity index (χ1) is 13.0. The standard InChI is InChI=1S/C22H19NO3S/c1-26-19-11-9-18(10-12-19)23-21-6-4-3-5-17(21)15-22(23)16-7-13-20(14-8-16)27(2,24)25/h3-15H,1-2H3. The second-order valence-corrected chi connectivity index (χ2v) is 8.43. The van der Waals surface area contributed by atoms with Gasteiger partial charge in [-0.15, -0.1) is 0 Å². The summed E-state index contributed by atoms with van der Waals surface area (Å²) >= 11 is 0. The van der Waals surface area contributed by atoms with Crippen LogP contribution in [0, 0.1) is 0 Å². The number of fused-ring (bicyclic) bond motifs is 1. The molecular weight excluding hydrogens is 358 g/mol. The molecule has 1 aromatic heterocycles. The topological polar surface area (TPSA) is 48.3 Å². The van der Waals surface area contributed by atoms with Crippen molar-refractivity contribution in [2.45, 2.75) is 4.90 Å². The average molecular weight is 377 g/mol. The molecule has 5 heteroatoms. The molecule has 0 spiro atoms. The Balaban J connectivity index is 1.92. The highest BCUT2D eigenvalue weighted by molar-refractivity contribution is 7.90. The molecular formula is C22H19NO3S. The Bertz CT molecular complexity index is 1200. The summed E-state index contributed by atoms with van der Waals surface area (Å²) in [4.78, 5) is 0.318. The van der Waals surface area contributed by atoms with Gasteiger partial charge in [-0.3, -0.25) is 0 Å². The Kier molecular flexibility index (Phi) is 4.24. The molecule has 0 bridgehead atoms. The first kappa shape index (κ1) is 17.4. The van der Waals surface area contributed by atoms with Crippen LogP contribution in [-0.2, 0) is 9.84 Å². The molecule has 4 rings (SSSR count). The van der Waals surface area contributed by atoms with Gasteiger partial charge in [0.1, 0.15) is 5.75 Å². The van der Waals surface area contributed by atoms with Crippen molar-refractivity contribution < 1.29 is 13.2 Å². The van der Waals surface area contributed by atoms with E-state index >= 15 is 0 Å². The van der Waals surface area contributed by atoms with Gasteiger partial charge in [-0.2, -0.15) is 0 Å². The maximum Gasteiger partial charge on any atom is 0.175 e. The molecule has 4 aromatic rings. The fourth-order valence-electron chi connectivity index (χ4n) is 3.25. The van der Waals surface area contributed by atoms with Gasteiger partial charge in [0.15, 0.2) is 9.84 Å². The predicted molar refractivity (Wildman–Crippen MR) is 108 cm³/mol. The summed E-state index contributed by atoms with van der Waals surface area (Å²) in [7, 11) is -1.57. The molecule has 0 N–H and O–H groups in total. The number of rotatable bonds is 4. The van der Waals surface area contributed by atoms with E-state index in [2.05, 4.69) is 22.8 Å². The second kappa shape index (κ2) is 6.59.